The number of carbonyl (C=O) groups is 1. The molecule has 0 bridgehead atoms. The van der Waals surface area contributed by atoms with E-state index in [1.54, 1.807) is 4.90 Å². The zero-order valence-electron chi connectivity index (χ0n) is 14.3. The molecule has 3 rings (SSSR count). The molecule has 2 aliphatic heterocycles. The summed E-state index contributed by atoms with van der Waals surface area (Å²) in [5, 5.41) is 0. The van der Waals surface area contributed by atoms with Gasteiger partial charge in [-0.2, -0.15) is 0 Å². The molecule has 1 unspecified atom stereocenters. The average Bonchev–Trinajstić information content (AvgIpc) is 2.73. The normalized spacial score (nSPS) is 24.2. The van der Waals surface area contributed by atoms with Crippen LogP contribution in [0.4, 0.5) is 8.78 Å². The third-order valence-electron chi connectivity index (χ3n) is 5.49. The molecule has 2 saturated heterocycles. The summed E-state index contributed by atoms with van der Waals surface area (Å²) in [7, 11) is 0. The van der Waals surface area contributed by atoms with Crippen LogP contribution in [0.3, 0.4) is 0 Å². The van der Waals surface area contributed by atoms with Crippen LogP contribution in [0.1, 0.15) is 44.6 Å². The van der Waals surface area contributed by atoms with Gasteiger partial charge in [0.15, 0.2) is 0 Å². The van der Waals surface area contributed by atoms with Crippen molar-refractivity contribution in [2.24, 2.45) is 5.92 Å². The molecule has 0 aromatic heterocycles. The summed E-state index contributed by atoms with van der Waals surface area (Å²) in [6, 6.07) is 4.02. The Balaban J connectivity index is 1.61. The third-order valence-corrected chi connectivity index (χ3v) is 5.49. The summed E-state index contributed by atoms with van der Waals surface area (Å²) < 4.78 is 26.9. The van der Waals surface area contributed by atoms with Crippen LogP contribution in [0.25, 0.3) is 0 Å². The Kier molecular flexibility index (Phi) is 5.49. The highest BCUT2D eigenvalue weighted by Gasteiger charge is 2.28. The van der Waals surface area contributed by atoms with Crippen LogP contribution in [-0.2, 0) is 11.3 Å². The summed E-state index contributed by atoms with van der Waals surface area (Å²) >= 11 is 0. The van der Waals surface area contributed by atoms with Gasteiger partial charge in [0.05, 0.1) is 0 Å². The number of hydrogen-bond donors (Lipinski definition) is 0. The van der Waals surface area contributed by atoms with Gasteiger partial charge in [-0.25, -0.2) is 8.78 Å². The maximum Gasteiger partial charge on any atom is 0.222 e. The first kappa shape index (κ1) is 17.3. The first-order chi connectivity index (χ1) is 11.5. The van der Waals surface area contributed by atoms with Gasteiger partial charge in [-0.05, 0) is 50.8 Å². The fourth-order valence-electron chi connectivity index (χ4n) is 3.80. The van der Waals surface area contributed by atoms with Crippen LogP contribution in [0.5, 0.6) is 0 Å². The molecule has 0 saturated carbocycles. The molecule has 5 heteroatoms. The minimum Gasteiger partial charge on any atom is -0.338 e. The van der Waals surface area contributed by atoms with E-state index in [9.17, 15) is 13.6 Å². The number of benzene rings is 1. The Hall–Kier alpha value is -1.49. The zero-order chi connectivity index (χ0) is 17.1. The number of halogens is 2. The van der Waals surface area contributed by atoms with Gasteiger partial charge in [-0.3, -0.25) is 4.79 Å². The number of hydrogen-bond acceptors (Lipinski definition) is 2. The predicted octanol–water partition coefficient (Wildman–Crippen LogP) is 3.58. The maximum absolute atomic E-state index is 13.9. The number of piperidine rings is 1. The van der Waals surface area contributed by atoms with E-state index in [2.05, 4.69) is 11.8 Å². The molecule has 0 aliphatic carbocycles. The predicted molar refractivity (Wildman–Crippen MR) is 89.4 cm³/mol. The Morgan fingerprint density at radius 3 is 2.54 bits per heavy atom. The Labute approximate surface area is 142 Å². The summed E-state index contributed by atoms with van der Waals surface area (Å²) in [5.74, 6) is -0.287. The first-order valence-corrected chi connectivity index (χ1v) is 8.98. The Morgan fingerprint density at radius 2 is 1.83 bits per heavy atom. The van der Waals surface area contributed by atoms with Gasteiger partial charge in [-0.1, -0.05) is 13.0 Å². The van der Waals surface area contributed by atoms with E-state index in [-0.39, 0.29) is 12.5 Å². The van der Waals surface area contributed by atoms with Crippen molar-refractivity contribution < 1.29 is 13.6 Å². The zero-order valence-corrected chi connectivity index (χ0v) is 14.3. The van der Waals surface area contributed by atoms with Gasteiger partial charge in [-0.15, -0.1) is 0 Å². The highest BCUT2D eigenvalue weighted by molar-refractivity contribution is 5.76. The van der Waals surface area contributed by atoms with Crippen molar-refractivity contribution in [1.29, 1.82) is 0 Å². The van der Waals surface area contributed by atoms with Crippen LogP contribution in [0.2, 0.25) is 0 Å². The maximum atomic E-state index is 13.9. The van der Waals surface area contributed by atoms with Crippen LogP contribution in [0.15, 0.2) is 18.2 Å². The van der Waals surface area contributed by atoms with Gasteiger partial charge in [0.1, 0.15) is 11.6 Å². The lowest BCUT2D eigenvalue weighted by Crippen LogP contribution is -2.41. The molecule has 132 valence electrons. The SMILES string of the molecule is CC1CCN(C2CCC(=O)N(Cc3ccc(F)cc3F)CC2)CC1. The molecular formula is C19H26F2N2O. The molecule has 1 aromatic carbocycles. The van der Waals surface area contributed by atoms with Crippen LogP contribution < -0.4 is 0 Å². The summed E-state index contributed by atoms with van der Waals surface area (Å²) in [4.78, 5) is 16.6. The second kappa shape index (κ2) is 7.60. The van der Waals surface area contributed by atoms with Gasteiger partial charge < -0.3 is 9.80 Å². The van der Waals surface area contributed by atoms with Crippen molar-refractivity contribution in [3.63, 3.8) is 0 Å². The molecule has 3 nitrogen and oxygen atoms in total. The van der Waals surface area contributed by atoms with Crippen LogP contribution >= 0.6 is 0 Å². The van der Waals surface area contributed by atoms with E-state index < -0.39 is 11.6 Å². The summed E-state index contributed by atoms with van der Waals surface area (Å²) in [6.45, 7) is 5.41. The van der Waals surface area contributed by atoms with E-state index in [0.29, 0.717) is 24.6 Å². The monoisotopic (exact) mass is 336 g/mol. The second-order valence-corrected chi connectivity index (χ2v) is 7.25. The minimum atomic E-state index is -0.585. The van der Waals surface area contributed by atoms with Gasteiger partial charge in [0.25, 0.3) is 0 Å². The molecule has 2 aliphatic rings. The smallest absolute Gasteiger partial charge is 0.222 e. The van der Waals surface area contributed by atoms with Crippen molar-refractivity contribution in [1.82, 2.24) is 9.80 Å². The molecule has 1 amide bonds. The summed E-state index contributed by atoms with van der Waals surface area (Å²) in [6.07, 6.45) is 4.79. The number of likely N-dealkylation sites (tertiary alicyclic amines) is 2. The number of amides is 1. The lowest BCUT2D eigenvalue weighted by atomic mass is 9.96. The van der Waals surface area contributed by atoms with E-state index >= 15 is 0 Å². The van der Waals surface area contributed by atoms with Crippen molar-refractivity contribution >= 4 is 5.91 Å². The second-order valence-electron chi connectivity index (χ2n) is 7.25. The highest BCUT2D eigenvalue weighted by Crippen LogP contribution is 2.25. The van der Waals surface area contributed by atoms with Crippen molar-refractivity contribution in [3.05, 3.63) is 35.4 Å². The molecule has 24 heavy (non-hydrogen) atoms. The fourth-order valence-corrected chi connectivity index (χ4v) is 3.80. The lowest BCUT2D eigenvalue weighted by Gasteiger charge is -2.36. The summed E-state index contributed by atoms with van der Waals surface area (Å²) in [5.41, 5.74) is 0.384. The van der Waals surface area contributed by atoms with Gasteiger partial charge in [0, 0.05) is 37.2 Å². The lowest BCUT2D eigenvalue weighted by molar-refractivity contribution is -0.131. The topological polar surface area (TPSA) is 23.6 Å². The molecule has 2 fully saturated rings. The molecule has 2 heterocycles. The van der Waals surface area contributed by atoms with E-state index in [1.165, 1.54) is 25.0 Å². The average molecular weight is 336 g/mol. The van der Waals surface area contributed by atoms with E-state index in [4.69, 9.17) is 0 Å². The largest absolute Gasteiger partial charge is 0.338 e. The fraction of sp³-hybridized carbons (Fsp3) is 0.632. The van der Waals surface area contributed by atoms with Crippen LogP contribution in [-0.4, -0.2) is 41.4 Å². The highest BCUT2D eigenvalue weighted by atomic mass is 19.1. The van der Waals surface area contributed by atoms with E-state index in [0.717, 1.165) is 37.9 Å². The van der Waals surface area contributed by atoms with Gasteiger partial charge in [0.2, 0.25) is 5.91 Å². The van der Waals surface area contributed by atoms with Crippen molar-refractivity contribution in [2.75, 3.05) is 19.6 Å². The Morgan fingerprint density at radius 1 is 1.08 bits per heavy atom. The molecular weight excluding hydrogens is 310 g/mol. The number of rotatable bonds is 3. The molecule has 1 atom stereocenters. The number of nitrogens with zero attached hydrogens (tertiary/aromatic N) is 2. The molecule has 0 N–H and O–H groups in total. The molecule has 1 aromatic rings. The number of carbonyl (C=O) groups excluding carboxylic acids is 1. The quantitative estimate of drug-likeness (QED) is 0.842. The van der Waals surface area contributed by atoms with E-state index in [1.807, 2.05) is 0 Å². The first-order valence-electron chi connectivity index (χ1n) is 8.98. The molecule has 0 radical (unpaired) electrons. The standard InChI is InChI=1S/C19H26F2N2O/c1-14-6-9-22(10-7-14)17-4-5-19(24)23(11-8-17)13-15-2-3-16(20)12-18(15)21/h2-3,12,14,17H,4-11,13H2,1H3. The van der Waals surface area contributed by atoms with Crippen LogP contribution in [0, 0.1) is 17.6 Å². The minimum absolute atomic E-state index is 0.0756. The van der Waals surface area contributed by atoms with Gasteiger partial charge >= 0.3 is 0 Å². The van der Waals surface area contributed by atoms with Crippen molar-refractivity contribution in [3.8, 4) is 0 Å². The molecule has 0 spiro atoms. The van der Waals surface area contributed by atoms with Crippen molar-refractivity contribution in [2.45, 2.75) is 51.6 Å². The third kappa shape index (κ3) is 4.12. The Bertz CT molecular complexity index is 585.